The standard InChI is InChI=1S/C29H33F2N7O4S/c1-17-25(33-23-12-20(13-24(42-2)37(17)23)27(39)36-10-4-9-29(36)15-32-16-29)21-11-19-7-8-22(38(28(30)31)43(3,40)41)34-26(19)35(21)14-18-5-6-18/h7-8,11-13,18,28,32H,4-6,9-10,14-16H2,1-3H3. The zero-order chi connectivity index (χ0) is 30.3. The molecule has 0 atom stereocenters. The number of carbonyl (C=O) groups excluding carboxylic acids is 1. The van der Waals surface area contributed by atoms with E-state index < -0.39 is 16.6 Å². The topological polar surface area (TPSA) is 114 Å². The van der Waals surface area contributed by atoms with Crippen molar-refractivity contribution < 1.29 is 26.7 Å². The molecular weight excluding hydrogens is 580 g/mol. The van der Waals surface area contributed by atoms with Crippen molar-refractivity contribution in [2.75, 3.05) is 37.3 Å². The number of imidazole rings is 1. The molecule has 4 aromatic heterocycles. The summed E-state index contributed by atoms with van der Waals surface area (Å²) in [5, 5.41) is 3.98. The van der Waals surface area contributed by atoms with Crippen molar-refractivity contribution in [1.82, 2.24) is 29.2 Å². The highest BCUT2D eigenvalue weighted by molar-refractivity contribution is 7.92. The summed E-state index contributed by atoms with van der Waals surface area (Å²) in [5.41, 5.74) is 3.47. The van der Waals surface area contributed by atoms with Crippen molar-refractivity contribution in [3.8, 4) is 17.3 Å². The largest absolute Gasteiger partial charge is 0.482 e. The summed E-state index contributed by atoms with van der Waals surface area (Å²) in [6.45, 7) is 1.53. The van der Waals surface area contributed by atoms with Crippen molar-refractivity contribution >= 4 is 38.4 Å². The Morgan fingerprint density at radius 2 is 1.98 bits per heavy atom. The van der Waals surface area contributed by atoms with E-state index in [1.165, 1.54) is 6.07 Å². The molecule has 0 bridgehead atoms. The molecule has 7 rings (SSSR count). The van der Waals surface area contributed by atoms with Crippen LogP contribution in [0.15, 0.2) is 30.3 Å². The van der Waals surface area contributed by atoms with Crippen molar-refractivity contribution in [3.05, 3.63) is 41.6 Å². The molecule has 228 valence electrons. The van der Waals surface area contributed by atoms with E-state index >= 15 is 0 Å². The second-order valence-corrected chi connectivity index (χ2v) is 13.8. The lowest BCUT2D eigenvalue weighted by molar-refractivity contribution is 0.0456. The third kappa shape index (κ3) is 4.53. The number of anilines is 1. The van der Waals surface area contributed by atoms with Gasteiger partial charge in [-0.2, -0.15) is 13.1 Å². The number of fused-ring (bicyclic) bond motifs is 2. The van der Waals surface area contributed by atoms with E-state index in [-0.39, 0.29) is 21.6 Å². The van der Waals surface area contributed by atoms with Crippen LogP contribution in [0.1, 0.15) is 41.7 Å². The summed E-state index contributed by atoms with van der Waals surface area (Å²) in [6.07, 6.45) is 4.75. The number of nitrogens with zero attached hydrogens (tertiary/aromatic N) is 6. The molecule has 14 heteroatoms. The van der Waals surface area contributed by atoms with Crippen LogP contribution in [0.25, 0.3) is 28.1 Å². The molecule has 0 unspecified atom stereocenters. The fourth-order valence-corrected chi connectivity index (χ4v) is 7.31. The Hall–Kier alpha value is -3.78. The molecule has 2 saturated heterocycles. The second-order valence-electron chi connectivity index (χ2n) is 11.9. The van der Waals surface area contributed by atoms with Crippen LogP contribution in [0.5, 0.6) is 5.88 Å². The number of aromatic nitrogens is 4. The van der Waals surface area contributed by atoms with Gasteiger partial charge in [0.25, 0.3) is 5.91 Å². The van der Waals surface area contributed by atoms with E-state index in [1.54, 1.807) is 25.3 Å². The van der Waals surface area contributed by atoms with Crippen LogP contribution in [0.4, 0.5) is 14.6 Å². The molecule has 0 radical (unpaired) electrons. The number of nitrogens with one attached hydrogen (secondary N) is 1. The maximum atomic E-state index is 13.8. The molecule has 0 aromatic carbocycles. The number of methoxy groups -OCH3 is 1. The fourth-order valence-electron chi connectivity index (χ4n) is 6.58. The van der Waals surface area contributed by atoms with Crippen molar-refractivity contribution in [1.29, 1.82) is 0 Å². The Balaban J connectivity index is 1.36. The first-order valence-electron chi connectivity index (χ1n) is 14.4. The van der Waals surface area contributed by atoms with Crippen molar-refractivity contribution in [3.63, 3.8) is 0 Å². The number of pyridine rings is 2. The molecule has 6 heterocycles. The third-order valence-corrected chi connectivity index (χ3v) is 10.1. The van der Waals surface area contributed by atoms with Gasteiger partial charge in [-0.05, 0) is 62.8 Å². The number of ether oxygens (including phenoxy) is 1. The smallest absolute Gasteiger partial charge is 0.329 e. The number of amides is 1. The van der Waals surface area contributed by atoms with Gasteiger partial charge in [-0.1, -0.05) is 0 Å². The molecule has 2 aliphatic heterocycles. The summed E-state index contributed by atoms with van der Waals surface area (Å²) in [4.78, 5) is 25.1. The van der Waals surface area contributed by atoms with Crippen LogP contribution < -0.4 is 14.4 Å². The molecule has 3 aliphatic rings. The zero-order valence-electron chi connectivity index (χ0n) is 24.2. The monoisotopic (exact) mass is 613 g/mol. The summed E-state index contributed by atoms with van der Waals surface area (Å²) in [6, 6.07) is 8.34. The lowest BCUT2D eigenvalue weighted by Gasteiger charge is -2.46. The van der Waals surface area contributed by atoms with Crippen LogP contribution in [0.2, 0.25) is 0 Å². The summed E-state index contributed by atoms with van der Waals surface area (Å²) in [5.74, 6) is 0.481. The van der Waals surface area contributed by atoms with E-state index in [0.29, 0.717) is 52.8 Å². The van der Waals surface area contributed by atoms with E-state index in [4.69, 9.17) is 9.72 Å². The van der Waals surface area contributed by atoms with E-state index in [2.05, 4.69) is 10.3 Å². The number of hydrogen-bond acceptors (Lipinski definition) is 7. The molecule has 3 fully saturated rings. The number of hydrogen-bond donors (Lipinski definition) is 1. The predicted molar refractivity (Wildman–Crippen MR) is 157 cm³/mol. The average Bonchev–Trinajstić information content (AvgIpc) is 3.37. The lowest BCUT2D eigenvalue weighted by Crippen LogP contribution is -2.67. The molecule has 11 nitrogen and oxygen atoms in total. The predicted octanol–water partition coefficient (Wildman–Crippen LogP) is 3.64. The quantitative estimate of drug-likeness (QED) is 0.302. The minimum atomic E-state index is -4.26. The Bertz CT molecular complexity index is 1880. The third-order valence-electron chi connectivity index (χ3n) is 8.99. The highest BCUT2D eigenvalue weighted by Gasteiger charge is 2.48. The Kier molecular flexibility index (Phi) is 6.43. The normalized spacial score (nSPS) is 18.2. The Labute approximate surface area is 247 Å². The minimum Gasteiger partial charge on any atom is -0.482 e. The number of carbonyl (C=O) groups is 1. The summed E-state index contributed by atoms with van der Waals surface area (Å²) >= 11 is 0. The van der Waals surface area contributed by atoms with Gasteiger partial charge in [0.1, 0.15) is 22.8 Å². The number of halogens is 2. The zero-order valence-corrected chi connectivity index (χ0v) is 25.0. The SMILES string of the molecule is COc1cc(C(=O)N2CCCC23CNC3)cc2nc(-c3cc4ccc(N(C(F)F)S(C)(=O)=O)nc4n3CC3CC3)c(C)n12. The number of aryl methyl sites for hydroxylation is 1. The first-order valence-corrected chi connectivity index (χ1v) is 16.2. The molecule has 1 N–H and O–H groups in total. The van der Waals surface area contributed by atoms with Crippen molar-refractivity contribution in [2.45, 2.75) is 51.2 Å². The Morgan fingerprint density at radius 3 is 2.60 bits per heavy atom. The van der Waals surface area contributed by atoms with Crippen molar-refractivity contribution in [2.24, 2.45) is 5.92 Å². The molecule has 1 saturated carbocycles. The summed E-state index contributed by atoms with van der Waals surface area (Å²) in [7, 11) is -2.70. The molecule has 1 amide bonds. The highest BCUT2D eigenvalue weighted by Crippen LogP contribution is 2.39. The van der Waals surface area contributed by atoms with Crippen LogP contribution >= 0.6 is 0 Å². The van der Waals surface area contributed by atoms with Gasteiger partial charge >= 0.3 is 6.55 Å². The Morgan fingerprint density at radius 1 is 1.21 bits per heavy atom. The van der Waals surface area contributed by atoms with E-state index in [9.17, 15) is 22.0 Å². The number of alkyl halides is 2. The molecule has 4 aromatic rings. The molecule has 1 spiro atoms. The van der Waals surface area contributed by atoms with Gasteiger partial charge in [0, 0.05) is 43.2 Å². The lowest BCUT2D eigenvalue weighted by atomic mass is 9.89. The van der Waals surface area contributed by atoms with E-state index in [1.807, 2.05) is 26.9 Å². The first-order chi connectivity index (χ1) is 20.5. The highest BCUT2D eigenvalue weighted by atomic mass is 32.2. The van der Waals surface area contributed by atoms with E-state index in [0.717, 1.165) is 56.4 Å². The second kappa shape index (κ2) is 9.88. The maximum absolute atomic E-state index is 13.8. The first kappa shape index (κ1) is 28.0. The van der Waals surface area contributed by atoms with Gasteiger partial charge < -0.3 is 19.5 Å². The van der Waals surface area contributed by atoms with Gasteiger partial charge in [0.15, 0.2) is 5.88 Å². The van der Waals surface area contributed by atoms with Gasteiger partial charge in [0.05, 0.1) is 30.3 Å². The summed E-state index contributed by atoms with van der Waals surface area (Å²) < 4.78 is 61.6. The van der Waals surface area contributed by atoms with Crippen LogP contribution in [0.3, 0.4) is 0 Å². The van der Waals surface area contributed by atoms with Crippen LogP contribution in [-0.4, -0.2) is 83.2 Å². The number of likely N-dealkylation sites (tertiary alicyclic amines) is 1. The van der Waals surface area contributed by atoms with Gasteiger partial charge in [-0.25, -0.2) is 18.4 Å². The van der Waals surface area contributed by atoms with Gasteiger partial charge in [-0.3, -0.25) is 9.20 Å². The fraction of sp³-hybridized carbons (Fsp3) is 0.483. The number of rotatable bonds is 8. The average molecular weight is 614 g/mol. The van der Waals surface area contributed by atoms with Gasteiger partial charge in [-0.15, -0.1) is 0 Å². The van der Waals surface area contributed by atoms with Gasteiger partial charge in [0.2, 0.25) is 10.0 Å². The molecule has 43 heavy (non-hydrogen) atoms. The minimum absolute atomic E-state index is 0.0321. The molecular formula is C29H33F2N7O4S. The van der Waals surface area contributed by atoms with Crippen LogP contribution in [-0.2, 0) is 16.6 Å². The maximum Gasteiger partial charge on any atom is 0.329 e. The molecule has 1 aliphatic carbocycles. The number of sulfonamides is 1. The van der Waals surface area contributed by atoms with Crippen LogP contribution in [0, 0.1) is 12.8 Å².